The SMILES string of the molecule is COC(=O)c1cc(OC)c(OC)c(OCc2ccc([N+](=O)[O-])cc2)c1Br. The number of ether oxygens (including phenoxy) is 4. The van der Waals surface area contributed by atoms with Crippen LogP contribution in [0.15, 0.2) is 34.8 Å². The molecule has 2 rings (SSSR count). The Kier molecular flexibility index (Phi) is 6.40. The van der Waals surface area contributed by atoms with Gasteiger partial charge in [-0.2, -0.15) is 0 Å². The Hall–Kier alpha value is -2.81. The summed E-state index contributed by atoms with van der Waals surface area (Å²) in [6, 6.07) is 7.42. The first kappa shape index (κ1) is 19.5. The zero-order chi connectivity index (χ0) is 19.3. The van der Waals surface area contributed by atoms with E-state index in [0.29, 0.717) is 21.5 Å². The highest BCUT2D eigenvalue weighted by Gasteiger charge is 2.24. The van der Waals surface area contributed by atoms with Crippen molar-refractivity contribution in [1.29, 1.82) is 0 Å². The molecule has 8 nitrogen and oxygen atoms in total. The van der Waals surface area contributed by atoms with Gasteiger partial charge in [-0.25, -0.2) is 4.79 Å². The van der Waals surface area contributed by atoms with E-state index in [1.807, 2.05) is 0 Å². The van der Waals surface area contributed by atoms with Crippen molar-refractivity contribution in [3.63, 3.8) is 0 Å². The van der Waals surface area contributed by atoms with Crippen molar-refractivity contribution in [3.05, 3.63) is 56.0 Å². The monoisotopic (exact) mass is 425 g/mol. The molecule has 0 saturated carbocycles. The van der Waals surface area contributed by atoms with Gasteiger partial charge in [-0.15, -0.1) is 0 Å². The van der Waals surface area contributed by atoms with Crippen molar-refractivity contribution in [2.75, 3.05) is 21.3 Å². The molecule has 0 N–H and O–H groups in total. The Morgan fingerprint density at radius 1 is 1.12 bits per heavy atom. The van der Waals surface area contributed by atoms with Crippen molar-refractivity contribution in [2.24, 2.45) is 0 Å². The van der Waals surface area contributed by atoms with Gasteiger partial charge in [0.2, 0.25) is 5.75 Å². The van der Waals surface area contributed by atoms with E-state index in [2.05, 4.69) is 15.9 Å². The smallest absolute Gasteiger partial charge is 0.339 e. The summed E-state index contributed by atoms with van der Waals surface area (Å²) in [5.74, 6) is 0.285. The molecule has 0 fully saturated rings. The van der Waals surface area contributed by atoms with Crippen LogP contribution in [0.1, 0.15) is 15.9 Å². The third kappa shape index (κ3) is 4.05. The van der Waals surface area contributed by atoms with E-state index >= 15 is 0 Å². The lowest BCUT2D eigenvalue weighted by Crippen LogP contribution is -2.07. The van der Waals surface area contributed by atoms with Crippen molar-refractivity contribution >= 4 is 27.6 Å². The first-order valence-corrected chi connectivity index (χ1v) is 8.11. The van der Waals surface area contributed by atoms with E-state index < -0.39 is 10.9 Å². The molecule has 0 aliphatic heterocycles. The molecule has 2 aromatic carbocycles. The second-order valence-corrected chi connectivity index (χ2v) is 5.80. The van der Waals surface area contributed by atoms with Crippen molar-refractivity contribution in [1.82, 2.24) is 0 Å². The molecule has 0 spiro atoms. The molecule has 0 aliphatic rings. The van der Waals surface area contributed by atoms with Crippen LogP contribution in [0.2, 0.25) is 0 Å². The van der Waals surface area contributed by atoms with Crippen LogP contribution in [0.3, 0.4) is 0 Å². The Bertz CT molecular complexity index is 821. The fourth-order valence-corrected chi connectivity index (χ4v) is 2.77. The third-order valence-corrected chi connectivity index (χ3v) is 4.29. The molecule has 0 amide bonds. The molecule has 9 heteroatoms. The molecular weight excluding hydrogens is 410 g/mol. The molecule has 0 heterocycles. The predicted octanol–water partition coefficient (Wildman–Crippen LogP) is 3.74. The highest BCUT2D eigenvalue weighted by atomic mass is 79.9. The van der Waals surface area contributed by atoms with Gasteiger partial charge in [0.15, 0.2) is 11.5 Å². The van der Waals surface area contributed by atoms with Gasteiger partial charge < -0.3 is 18.9 Å². The largest absolute Gasteiger partial charge is 0.493 e. The highest BCUT2D eigenvalue weighted by molar-refractivity contribution is 9.10. The standard InChI is InChI=1S/C17H16BrNO7/c1-23-13-8-12(17(20)25-3)14(18)16(15(13)24-2)26-9-10-4-6-11(7-5-10)19(21)22/h4-8H,9H2,1-3H3. The number of nitro benzene ring substituents is 1. The van der Waals surface area contributed by atoms with E-state index in [9.17, 15) is 14.9 Å². The normalized spacial score (nSPS) is 10.2. The number of nitro groups is 1. The Morgan fingerprint density at radius 2 is 1.77 bits per heavy atom. The molecule has 2 aromatic rings. The first-order valence-electron chi connectivity index (χ1n) is 7.31. The Balaban J connectivity index is 2.37. The van der Waals surface area contributed by atoms with Crippen molar-refractivity contribution < 1.29 is 28.7 Å². The number of methoxy groups -OCH3 is 3. The molecular formula is C17H16BrNO7. The van der Waals surface area contributed by atoms with Crippen LogP contribution in [0.25, 0.3) is 0 Å². The van der Waals surface area contributed by atoms with Gasteiger partial charge in [0.05, 0.1) is 36.3 Å². The quantitative estimate of drug-likeness (QED) is 0.378. The number of rotatable bonds is 7. The summed E-state index contributed by atoms with van der Waals surface area (Å²) in [6.07, 6.45) is 0. The minimum Gasteiger partial charge on any atom is -0.493 e. The summed E-state index contributed by atoms with van der Waals surface area (Å²) < 4.78 is 21.5. The number of nitrogens with zero attached hydrogens (tertiary/aromatic N) is 1. The zero-order valence-electron chi connectivity index (χ0n) is 14.3. The van der Waals surface area contributed by atoms with Gasteiger partial charge in [0.25, 0.3) is 5.69 Å². The minimum atomic E-state index is -0.571. The van der Waals surface area contributed by atoms with Crippen LogP contribution in [-0.4, -0.2) is 32.2 Å². The van der Waals surface area contributed by atoms with E-state index in [1.54, 1.807) is 12.1 Å². The average Bonchev–Trinajstić information content (AvgIpc) is 2.66. The summed E-state index contributed by atoms with van der Waals surface area (Å²) in [5, 5.41) is 10.7. The number of esters is 1. The summed E-state index contributed by atoms with van der Waals surface area (Å²) in [5.41, 5.74) is 0.901. The molecule has 0 aromatic heterocycles. The second-order valence-electron chi connectivity index (χ2n) is 5.01. The van der Waals surface area contributed by atoms with Gasteiger partial charge in [0, 0.05) is 12.1 Å². The summed E-state index contributed by atoms with van der Waals surface area (Å²) in [7, 11) is 4.15. The van der Waals surface area contributed by atoms with Gasteiger partial charge in [-0.3, -0.25) is 10.1 Å². The summed E-state index contributed by atoms with van der Waals surface area (Å²) >= 11 is 3.33. The van der Waals surface area contributed by atoms with Gasteiger partial charge >= 0.3 is 5.97 Å². The minimum absolute atomic E-state index is 0.0122. The average molecular weight is 426 g/mol. The Labute approximate surface area is 157 Å². The van der Waals surface area contributed by atoms with Crippen LogP contribution >= 0.6 is 15.9 Å². The number of hydrogen-bond acceptors (Lipinski definition) is 7. The second kappa shape index (κ2) is 8.52. The maximum absolute atomic E-state index is 12.0. The number of carbonyl (C=O) groups excluding carboxylic acids is 1. The third-order valence-electron chi connectivity index (χ3n) is 3.50. The molecule has 0 atom stereocenters. The zero-order valence-corrected chi connectivity index (χ0v) is 15.9. The fourth-order valence-electron chi connectivity index (χ4n) is 2.20. The molecule has 0 bridgehead atoms. The Morgan fingerprint density at radius 3 is 2.27 bits per heavy atom. The molecule has 0 aliphatic carbocycles. The van der Waals surface area contributed by atoms with Crippen LogP contribution in [0.4, 0.5) is 5.69 Å². The van der Waals surface area contributed by atoms with E-state index in [1.165, 1.54) is 39.5 Å². The maximum atomic E-state index is 12.0. The molecule has 0 radical (unpaired) electrons. The van der Waals surface area contributed by atoms with Crippen molar-refractivity contribution in [2.45, 2.75) is 6.61 Å². The summed E-state index contributed by atoms with van der Waals surface area (Å²) in [4.78, 5) is 22.2. The van der Waals surface area contributed by atoms with E-state index in [-0.39, 0.29) is 23.6 Å². The van der Waals surface area contributed by atoms with Crippen LogP contribution in [0.5, 0.6) is 17.2 Å². The highest BCUT2D eigenvalue weighted by Crippen LogP contribution is 2.45. The first-order chi connectivity index (χ1) is 12.4. The van der Waals surface area contributed by atoms with Crippen molar-refractivity contribution in [3.8, 4) is 17.2 Å². The lowest BCUT2D eigenvalue weighted by atomic mass is 10.1. The van der Waals surface area contributed by atoms with Gasteiger partial charge in [-0.05, 0) is 39.7 Å². The number of benzene rings is 2. The lowest BCUT2D eigenvalue weighted by Gasteiger charge is -2.17. The van der Waals surface area contributed by atoms with Gasteiger partial charge in [-0.1, -0.05) is 0 Å². The number of non-ortho nitro benzene ring substituents is 1. The number of carbonyl (C=O) groups is 1. The molecule has 0 unspecified atom stereocenters. The lowest BCUT2D eigenvalue weighted by molar-refractivity contribution is -0.384. The maximum Gasteiger partial charge on any atom is 0.339 e. The predicted molar refractivity (Wildman–Crippen MR) is 96.0 cm³/mol. The summed E-state index contributed by atoms with van der Waals surface area (Å²) in [6.45, 7) is 0.0980. The van der Waals surface area contributed by atoms with Gasteiger partial charge in [0.1, 0.15) is 6.61 Å². The van der Waals surface area contributed by atoms with E-state index in [4.69, 9.17) is 18.9 Å². The molecule has 138 valence electrons. The van der Waals surface area contributed by atoms with Crippen LogP contribution in [-0.2, 0) is 11.3 Å². The van der Waals surface area contributed by atoms with Crippen LogP contribution in [0, 0.1) is 10.1 Å². The number of halogens is 1. The molecule has 0 saturated heterocycles. The van der Waals surface area contributed by atoms with Crippen LogP contribution < -0.4 is 14.2 Å². The topological polar surface area (TPSA) is 97.1 Å². The van der Waals surface area contributed by atoms with E-state index in [0.717, 1.165) is 0 Å². The number of hydrogen-bond donors (Lipinski definition) is 0. The molecule has 26 heavy (non-hydrogen) atoms. The fraction of sp³-hybridized carbons (Fsp3) is 0.235.